The van der Waals surface area contributed by atoms with E-state index in [1.807, 2.05) is 19.1 Å². The van der Waals surface area contributed by atoms with Gasteiger partial charge in [-0.25, -0.2) is 9.67 Å². The van der Waals surface area contributed by atoms with Crippen LogP contribution in [0.3, 0.4) is 0 Å². The zero-order chi connectivity index (χ0) is 15.2. The molecule has 1 heterocycles. The van der Waals surface area contributed by atoms with Crippen molar-refractivity contribution in [2.45, 2.75) is 26.0 Å². The van der Waals surface area contributed by atoms with Gasteiger partial charge in [-0.05, 0) is 30.7 Å². The van der Waals surface area contributed by atoms with Gasteiger partial charge in [-0.3, -0.25) is 4.79 Å². The van der Waals surface area contributed by atoms with E-state index in [0.29, 0.717) is 24.5 Å². The van der Waals surface area contributed by atoms with Gasteiger partial charge in [0.25, 0.3) is 5.91 Å². The molecular formula is C14H18N4O3. The van der Waals surface area contributed by atoms with Crippen molar-refractivity contribution in [2.75, 3.05) is 6.61 Å². The lowest BCUT2D eigenvalue weighted by molar-refractivity contribution is -0.119. The molecule has 7 heteroatoms. The van der Waals surface area contributed by atoms with Crippen LogP contribution in [0.2, 0.25) is 0 Å². The zero-order valence-electron chi connectivity index (χ0n) is 11.8. The Bertz CT molecular complexity index is 595. The monoisotopic (exact) mass is 290 g/mol. The van der Waals surface area contributed by atoms with E-state index in [2.05, 4.69) is 10.1 Å². The fraction of sp³-hybridized carbons (Fsp3) is 0.357. The largest absolute Gasteiger partial charge is 0.484 e. The van der Waals surface area contributed by atoms with Crippen molar-refractivity contribution >= 4 is 5.91 Å². The van der Waals surface area contributed by atoms with Crippen molar-refractivity contribution in [1.82, 2.24) is 14.8 Å². The van der Waals surface area contributed by atoms with Crippen LogP contribution >= 0.6 is 0 Å². The summed E-state index contributed by atoms with van der Waals surface area (Å²) >= 11 is 0. The number of ether oxygens (including phenoxy) is 1. The summed E-state index contributed by atoms with van der Waals surface area (Å²) in [4.78, 5) is 14.9. The van der Waals surface area contributed by atoms with Crippen LogP contribution in [-0.2, 0) is 11.3 Å². The number of carbonyl (C=O) groups is 1. The third-order valence-electron chi connectivity index (χ3n) is 2.96. The quantitative estimate of drug-likeness (QED) is 0.776. The number of amides is 1. The van der Waals surface area contributed by atoms with E-state index < -0.39 is 12.0 Å². The van der Waals surface area contributed by atoms with Crippen molar-refractivity contribution in [3.8, 4) is 17.1 Å². The van der Waals surface area contributed by atoms with Gasteiger partial charge in [0.15, 0.2) is 12.4 Å². The summed E-state index contributed by atoms with van der Waals surface area (Å²) in [5.74, 6) is 0.702. The summed E-state index contributed by atoms with van der Waals surface area (Å²) in [7, 11) is 0. The maximum absolute atomic E-state index is 10.7. The van der Waals surface area contributed by atoms with Gasteiger partial charge >= 0.3 is 0 Å². The van der Waals surface area contributed by atoms with Gasteiger partial charge in [0.2, 0.25) is 0 Å². The molecule has 0 saturated carbocycles. The zero-order valence-corrected chi connectivity index (χ0v) is 11.8. The van der Waals surface area contributed by atoms with E-state index in [0.717, 1.165) is 5.56 Å². The Hall–Kier alpha value is -2.41. The van der Waals surface area contributed by atoms with Crippen molar-refractivity contribution in [1.29, 1.82) is 0 Å². The second-order valence-electron chi connectivity index (χ2n) is 4.61. The van der Waals surface area contributed by atoms with Crippen LogP contribution in [0.25, 0.3) is 11.4 Å². The molecule has 0 radical (unpaired) electrons. The smallest absolute Gasteiger partial charge is 0.255 e. The fourth-order valence-electron chi connectivity index (χ4n) is 1.80. The number of primary amides is 1. The third kappa shape index (κ3) is 4.03. The van der Waals surface area contributed by atoms with Crippen molar-refractivity contribution in [3.05, 3.63) is 30.6 Å². The van der Waals surface area contributed by atoms with Gasteiger partial charge in [-0.1, -0.05) is 6.92 Å². The highest BCUT2D eigenvalue weighted by molar-refractivity contribution is 5.75. The molecular weight excluding hydrogens is 272 g/mol. The molecule has 1 aromatic heterocycles. The van der Waals surface area contributed by atoms with Crippen LogP contribution in [0.4, 0.5) is 0 Å². The molecule has 7 nitrogen and oxygen atoms in total. The van der Waals surface area contributed by atoms with E-state index in [9.17, 15) is 9.90 Å². The highest BCUT2D eigenvalue weighted by Crippen LogP contribution is 2.20. The van der Waals surface area contributed by atoms with Crippen LogP contribution in [0.5, 0.6) is 5.75 Å². The lowest BCUT2D eigenvalue weighted by Crippen LogP contribution is -2.20. The summed E-state index contributed by atoms with van der Waals surface area (Å²) < 4.78 is 6.85. The highest BCUT2D eigenvalue weighted by atomic mass is 16.5. The molecule has 0 aliphatic heterocycles. The summed E-state index contributed by atoms with van der Waals surface area (Å²) in [5, 5.41) is 13.8. The third-order valence-corrected chi connectivity index (χ3v) is 2.96. The molecule has 112 valence electrons. The van der Waals surface area contributed by atoms with E-state index in [1.54, 1.807) is 16.8 Å². The molecule has 1 aromatic carbocycles. The van der Waals surface area contributed by atoms with E-state index in [-0.39, 0.29) is 6.61 Å². The van der Waals surface area contributed by atoms with Crippen molar-refractivity contribution < 1.29 is 14.6 Å². The summed E-state index contributed by atoms with van der Waals surface area (Å²) in [6.07, 6.45) is 1.65. The molecule has 3 N–H and O–H groups in total. The molecule has 0 aliphatic rings. The average Bonchev–Trinajstić information content (AvgIpc) is 2.93. The normalized spacial score (nSPS) is 12.1. The number of nitrogens with two attached hydrogens (primary N) is 1. The number of carbonyl (C=O) groups excluding carboxylic acids is 1. The second-order valence-corrected chi connectivity index (χ2v) is 4.61. The Balaban J connectivity index is 2.12. The van der Waals surface area contributed by atoms with Gasteiger partial charge in [-0.15, -0.1) is 0 Å². The number of benzene rings is 1. The first-order valence-electron chi connectivity index (χ1n) is 6.67. The molecule has 2 aromatic rings. The molecule has 0 saturated heterocycles. The van der Waals surface area contributed by atoms with Gasteiger partial charge in [0.1, 0.15) is 12.1 Å². The van der Waals surface area contributed by atoms with Crippen LogP contribution < -0.4 is 10.5 Å². The first kappa shape index (κ1) is 15.0. The lowest BCUT2D eigenvalue weighted by Gasteiger charge is -2.10. The summed E-state index contributed by atoms with van der Waals surface area (Å²) in [6.45, 7) is 2.15. The molecule has 1 amide bonds. The number of rotatable bonds is 7. The van der Waals surface area contributed by atoms with Crippen LogP contribution in [0, 0.1) is 0 Å². The van der Waals surface area contributed by atoms with Gasteiger partial charge in [0, 0.05) is 5.56 Å². The predicted octanol–water partition coefficient (Wildman–Crippen LogP) is 0.580. The number of hydrogen-bond acceptors (Lipinski definition) is 5. The molecule has 0 bridgehead atoms. The van der Waals surface area contributed by atoms with Crippen molar-refractivity contribution in [2.24, 2.45) is 5.73 Å². The standard InChI is InChI=1S/C14H18N4O3/c1-2-11(19)7-18-14(16-9-17-18)10-3-5-12(6-4-10)21-8-13(15)20/h3-6,9,11,19H,2,7-8H2,1H3,(H2,15,20)/t11-/m0/s1. The Labute approximate surface area is 122 Å². The first-order chi connectivity index (χ1) is 10.1. The molecule has 1 atom stereocenters. The fourth-order valence-corrected chi connectivity index (χ4v) is 1.80. The minimum absolute atomic E-state index is 0.155. The highest BCUT2D eigenvalue weighted by Gasteiger charge is 2.11. The van der Waals surface area contributed by atoms with Crippen LogP contribution in [0.15, 0.2) is 30.6 Å². The summed E-state index contributed by atoms with van der Waals surface area (Å²) in [6, 6.07) is 7.09. The molecule has 2 rings (SSSR count). The summed E-state index contributed by atoms with van der Waals surface area (Å²) in [5.41, 5.74) is 5.87. The minimum Gasteiger partial charge on any atom is -0.484 e. The number of nitrogens with zero attached hydrogens (tertiary/aromatic N) is 3. The van der Waals surface area contributed by atoms with E-state index in [1.165, 1.54) is 6.33 Å². The van der Waals surface area contributed by atoms with Gasteiger partial charge in [-0.2, -0.15) is 5.10 Å². The SMILES string of the molecule is CC[C@H](O)Cn1ncnc1-c1ccc(OCC(N)=O)cc1. The van der Waals surface area contributed by atoms with Gasteiger partial charge < -0.3 is 15.6 Å². The van der Waals surface area contributed by atoms with Crippen LogP contribution in [0.1, 0.15) is 13.3 Å². The van der Waals surface area contributed by atoms with E-state index in [4.69, 9.17) is 10.5 Å². The van der Waals surface area contributed by atoms with Crippen molar-refractivity contribution in [3.63, 3.8) is 0 Å². The number of hydrogen-bond donors (Lipinski definition) is 2. The maximum Gasteiger partial charge on any atom is 0.255 e. The Morgan fingerprint density at radius 2 is 2.14 bits per heavy atom. The molecule has 21 heavy (non-hydrogen) atoms. The van der Waals surface area contributed by atoms with Crippen LogP contribution in [-0.4, -0.2) is 38.5 Å². The molecule has 0 aliphatic carbocycles. The maximum atomic E-state index is 10.7. The molecule has 0 fully saturated rings. The average molecular weight is 290 g/mol. The molecule has 0 unspecified atom stereocenters. The second kappa shape index (κ2) is 6.85. The Kier molecular flexibility index (Phi) is 4.89. The lowest BCUT2D eigenvalue weighted by atomic mass is 10.2. The predicted molar refractivity (Wildman–Crippen MR) is 76.4 cm³/mol. The first-order valence-corrected chi connectivity index (χ1v) is 6.67. The topological polar surface area (TPSA) is 103 Å². The Morgan fingerprint density at radius 3 is 2.76 bits per heavy atom. The minimum atomic E-state index is -0.521. The number of aliphatic hydroxyl groups excluding tert-OH is 1. The van der Waals surface area contributed by atoms with E-state index >= 15 is 0 Å². The Morgan fingerprint density at radius 1 is 1.43 bits per heavy atom. The number of aliphatic hydroxyl groups is 1. The number of aromatic nitrogens is 3. The molecule has 0 spiro atoms. The van der Waals surface area contributed by atoms with Gasteiger partial charge in [0.05, 0.1) is 12.6 Å².